The Balaban J connectivity index is 3.75. The lowest BCUT2D eigenvalue weighted by Crippen LogP contribution is -2.56. The van der Waals surface area contributed by atoms with E-state index in [0.717, 1.165) is 13.1 Å². The van der Waals surface area contributed by atoms with E-state index in [4.69, 9.17) is 0 Å². The second-order valence-corrected chi connectivity index (χ2v) is 8.99. The Hall–Kier alpha value is -0.750. The van der Waals surface area contributed by atoms with Gasteiger partial charge in [0, 0.05) is 18.5 Å². The Bertz CT molecular complexity index is 379. The van der Waals surface area contributed by atoms with Crippen LogP contribution in [0.25, 0.3) is 0 Å². The Kier molecular flexibility index (Phi) is 11.4. The molecular weight excluding hydrogens is 322 g/mol. The zero-order chi connectivity index (χ0) is 18.6. The predicted octanol–water partition coefficient (Wildman–Crippen LogP) is 3.19. The van der Waals surface area contributed by atoms with Gasteiger partial charge >= 0.3 is 6.03 Å². The van der Waals surface area contributed by atoms with Crippen LogP contribution in [-0.2, 0) is 4.79 Å². The number of hydrogen-bond donors (Lipinski definition) is 3. The van der Waals surface area contributed by atoms with Crippen LogP contribution in [0, 0.1) is 5.41 Å². The maximum atomic E-state index is 12.3. The summed E-state index contributed by atoms with van der Waals surface area (Å²) in [6, 6.07) is -0.295. The van der Waals surface area contributed by atoms with Crippen molar-refractivity contribution in [3.8, 4) is 0 Å². The molecule has 0 unspecified atom stereocenters. The lowest BCUT2D eigenvalue weighted by molar-refractivity contribution is -0.131. The van der Waals surface area contributed by atoms with Crippen molar-refractivity contribution >= 4 is 23.6 Å². The predicted molar refractivity (Wildman–Crippen MR) is 105 cm³/mol. The van der Waals surface area contributed by atoms with Crippen LogP contribution in [0.15, 0.2) is 0 Å². The largest absolute Gasteiger partial charge is 0.337 e. The molecule has 0 aliphatic heterocycles. The molecule has 142 valence electrons. The van der Waals surface area contributed by atoms with E-state index in [1.54, 1.807) is 13.8 Å². The van der Waals surface area contributed by atoms with Gasteiger partial charge in [-0.15, -0.1) is 0 Å². The van der Waals surface area contributed by atoms with Gasteiger partial charge in [-0.1, -0.05) is 34.1 Å². The fraction of sp³-hybridized carbons (Fsp3) is 0.889. The van der Waals surface area contributed by atoms with E-state index in [-0.39, 0.29) is 11.8 Å². The van der Waals surface area contributed by atoms with Crippen molar-refractivity contribution in [2.75, 3.05) is 31.1 Å². The Morgan fingerprint density at radius 2 is 1.58 bits per heavy atom. The highest BCUT2D eigenvalue weighted by molar-refractivity contribution is 7.99. The topological polar surface area (TPSA) is 70.2 Å². The van der Waals surface area contributed by atoms with Crippen LogP contribution in [0.5, 0.6) is 0 Å². The molecule has 0 heterocycles. The summed E-state index contributed by atoms with van der Waals surface area (Å²) in [6.07, 6.45) is 3.69. The van der Waals surface area contributed by atoms with Gasteiger partial charge in [-0.3, -0.25) is 4.79 Å². The normalized spacial score (nSPS) is 12.1. The second kappa shape index (κ2) is 11.7. The minimum absolute atomic E-state index is 0.0181. The Morgan fingerprint density at radius 1 is 0.917 bits per heavy atom. The maximum absolute atomic E-state index is 12.3. The van der Waals surface area contributed by atoms with Gasteiger partial charge < -0.3 is 16.0 Å². The summed E-state index contributed by atoms with van der Waals surface area (Å²) in [7, 11) is 0. The van der Waals surface area contributed by atoms with E-state index in [2.05, 4.69) is 22.9 Å². The molecule has 24 heavy (non-hydrogen) atoms. The van der Waals surface area contributed by atoms with Crippen molar-refractivity contribution in [2.45, 2.75) is 66.3 Å². The summed E-state index contributed by atoms with van der Waals surface area (Å²) in [4.78, 5) is 24.2. The fourth-order valence-corrected chi connectivity index (χ4v) is 3.18. The molecule has 0 aromatic heterocycles. The highest BCUT2D eigenvalue weighted by atomic mass is 32.2. The van der Waals surface area contributed by atoms with Crippen molar-refractivity contribution in [1.82, 2.24) is 16.0 Å². The lowest BCUT2D eigenvalue weighted by atomic mass is 9.80. The smallest absolute Gasteiger partial charge is 0.315 e. The molecule has 0 aliphatic rings. The molecule has 0 saturated carbocycles. The summed E-state index contributed by atoms with van der Waals surface area (Å²) in [5, 5.41) is 8.88. The van der Waals surface area contributed by atoms with Crippen molar-refractivity contribution < 1.29 is 9.59 Å². The van der Waals surface area contributed by atoms with Crippen LogP contribution in [-0.4, -0.2) is 48.5 Å². The maximum Gasteiger partial charge on any atom is 0.315 e. The van der Waals surface area contributed by atoms with Gasteiger partial charge in [0.2, 0.25) is 0 Å². The van der Waals surface area contributed by atoms with Crippen molar-refractivity contribution in [3.63, 3.8) is 0 Å². The SMILES string of the molecule is CCSCCCCCNCCNC(=O)NC(C)(C)C(=O)C(C)(C)C. The molecule has 0 aliphatic carbocycles. The monoisotopic (exact) mass is 359 g/mol. The van der Waals surface area contributed by atoms with Crippen molar-refractivity contribution in [3.05, 3.63) is 0 Å². The zero-order valence-corrected chi connectivity index (χ0v) is 17.2. The van der Waals surface area contributed by atoms with Crippen LogP contribution < -0.4 is 16.0 Å². The third-order valence-corrected chi connectivity index (χ3v) is 4.59. The number of carbonyl (C=O) groups excluding carboxylic acids is 2. The van der Waals surface area contributed by atoms with Gasteiger partial charge in [0.15, 0.2) is 5.78 Å². The summed E-state index contributed by atoms with van der Waals surface area (Å²) >= 11 is 1.99. The summed E-state index contributed by atoms with van der Waals surface area (Å²) < 4.78 is 0. The number of hydrogen-bond acceptors (Lipinski definition) is 4. The molecule has 6 heteroatoms. The molecule has 0 aromatic carbocycles. The first-order chi connectivity index (χ1) is 11.1. The molecule has 0 spiro atoms. The lowest BCUT2D eigenvalue weighted by Gasteiger charge is -2.31. The van der Waals surface area contributed by atoms with E-state index in [0.29, 0.717) is 6.54 Å². The van der Waals surface area contributed by atoms with Crippen molar-refractivity contribution in [1.29, 1.82) is 0 Å². The van der Waals surface area contributed by atoms with Gasteiger partial charge in [0.05, 0.1) is 5.54 Å². The van der Waals surface area contributed by atoms with Gasteiger partial charge in [-0.2, -0.15) is 11.8 Å². The molecule has 0 bridgehead atoms. The molecule has 3 N–H and O–H groups in total. The van der Waals surface area contributed by atoms with Crippen LogP contribution >= 0.6 is 11.8 Å². The number of Topliss-reactive ketones (excluding diaryl/α,β-unsaturated/α-hetero) is 1. The van der Waals surface area contributed by atoms with Gasteiger partial charge in [0.1, 0.15) is 0 Å². The molecule has 0 atom stereocenters. The van der Waals surface area contributed by atoms with Crippen molar-refractivity contribution in [2.24, 2.45) is 5.41 Å². The molecule has 2 amide bonds. The number of ketones is 1. The fourth-order valence-electron chi connectivity index (χ4n) is 2.49. The van der Waals surface area contributed by atoms with Gasteiger partial charge in [-0.25, -0.2) is 4.79 Å². The summed E-state index contributed by atoms with van der Waals surface area (Å²) in [6.45, 7) is 13.5. The minimum Gasteiger partial charge on any atom is -0.337 e. The third kappa shape index (κ3) is 10.9. The Morgan fingerprint density at radius 3 is 2.17 bits per heavy atom. The summed E-state index contributed by atoms with van der Waals surface area (Å²) in [5.74, 6) is 2.47. The second-order valence-electron chi connectivity index (χ2n) is 7.59. The summed E-state index contributed by atoms with van der Waals surface area (Å²) in [5.41, 5.74) is -1.35. The number of nitrogens with one attached hydrogen (secondary N) is 3. The highest BCUT2D eigenvalue weighted by Crippen LogP contribution is 2.22. The molecule has 0 aromatic rings. The third-order valence-electron chi connectivity index (χ3n) is 3.61. The molecule has 0 radical (unpaired) electrons. The quantitative estimate of drug-likeness (QED) is 0.468. The Labute approximate surface area is 152 Å². The number of thioether (sulfide) groups is 1. The number of carbonyl (C=O) groups is 2. The van der Waals surface area contributed by atoms with E-state index < -0.39 is 11.0 Å². The molecule has 0 saturated heterocycles. The standard InChI is InChI=1S/C18H37N3O2S/c1-7-24-14-10-8-9-11-19-12-13-20-16(23)21-18(5,6)15(22)17(2,3)4/h19H,7-14H2,1-6H3,(H2,20,21,23). The number of amides is 2. The van der Waals surface area contributed by atoms with Gasteiger partial charge in [0.25, 0.3) is 0 Å². The molecule has 0 fully saturated rings. The first-order valence-electron chi connectivity index (χ1n) is 9.00. The van der Waals surface area contributed by atoms with Crippen LogP contribution in [0.4, 0.5) is 4.79 Å². The number of rotatable bonds is 12. The highest BCUT2D eigenvalue weighted by Gasteiger charge is 2.37. The molecule has 5 nitrogen and oxygen atoms in total. The van der Waals surface area contributed by atoms with Crippen LogP contribution in [0.1, 0.15) is 60.8 Å². The first kappa shape index (κ1) is 23.2. The minimum atomic E-state index is -0.869. The van der Waals surface area contributed by atoms with Crippen LogP contribution in [0.2, 0.25) is 0 Å². The van der Waals surface area contributed by atoms with E-state index in [9.17, 15) is 9.59 Å². The number of unbranched alkanes of at least 4 members (excludes halogenated alkanes) is 2. The van der Waals surface area contributed by atoms with E-state index in [1.807, 2.05) is 32.5 Å². The zero-order valence-electron chi connectivity index (χ0n) is 16.4. The van der Waals surface area contributed by atoms with Crippen LogP contribution in [0.3, 0.4) is 0 Å². The average molecular weight is 360 g/mol. The average Bonchev–Trinajstić information content (AvgIpc) is 2.47. The first-order valence-corrected chi connectivity index (χ1v) is 10.2. The van der Waals surface area contributed by atoms with Gasteiger partial charge in [-0.05, 0) is 44.7 Å². The molecular formula is C18H37N3O2S. The molecule has 0 rings (SSSR count). The van der Waals surface area contributed by atoms with E-state index >= 15 is 0 Å². The number of urea groups is 1. The van der Waals surface area contributed by atoms with E-state index in [1.165, 1.54) is 30.8 Å².